The average molecular weight is 494 g/mol. The number of aromatic nitrogens is 5. The summed E-state index contributed by atoms with van der Waals surface area (Å²) in [5, 5.41) is 17.1. The summed E-state index contributed by atoms with van der Waals surface area (Å²) in [6.45, 7) is 6.25. The van der Waals surface area contributed by atoms with Crippen molar-refractivity contribution >= 4 is 17.6 Å². The summed E-state index contributed by atoms with van der Waals surface area (Å²) in [5.74, 6) is -0.400. The van der Waals surface area contributed by atoms with Gasteiger partial charge in [0.25, 0.3) is 5.91 Å². The second kappa shape index (κ2) is 9.83. The molecule has 2 saturated carbocycles. The quantitative estimate of drug-likeness (QED) is 0.371. The Bertz CT molecular complexity index is 1260. The summed E-state index contributed by atoms with van der Waals surface area (Å²) in [6, 6.07) is 4.12. The number of aryl methyl sites for hydroxylation is 3. The zero-order valence-corrected chi connectivity index (χ0v) is 20.8. The smallest absolute Gasteiger partial charge is 0.270 e. The predicted octanol–water partition coefficient (Wildman–Crippen LogP) is 3.87. The third-order valence-electron chi connectivity index (χ3n) is 7.26. The van der Waals surface area contributed by atoms with E-state index in [1.165, 1.54) is 0 Å². The van der Waals surface area contributed by atoms with Crippen molar-refractivity contribution in [2.75, 3.05) is 5.32 Å². The molecule has 190 valence electrons. The summed E-state index contributed by atoms with van der Waals surface area (Å²) < 4.78 is 16.7. The highest BCUT2D eigenvalue weighted by Crippen LogP contribution is 2.51. The summed E-state index contributed by atoms with van der Waals surface area (Å²) in [5.41, 5.74) is 2.96. The Hall–Kier alpha value is -3.56. The number of pyridine rings is 1. The molecular weight excluding hydrogens is 461 g/mol. The van der Waals surface area contributed by atoms with Crippen molar-refractivity contribution in [3.8, 4) is 11.1 Å². The number of carbonyl (C=O) groups is 2. The van der Waals surface area contributed by atoms with E-state index in [0.29, 0.717) is 41.6 Å². The van der Waals surface area contributed by atoms with Gasteiger partial charge in [-0.2, -0.15) is 14.6 Å². The fraction of sp³-hybridized carbons (Fsp3) is 0.500. The maximum atomic E-state index is 15.1. The Morgan fingerprint density at radius 1 is 1.17 bits per heavy atom. The molecule has 2 aliphatic rings. The largest absolute Gasteiger partial charge is 0.339 e. The zero-order valence-electron chi connectivity index (χ0n) is 20.8. The lowest BCUT2D eigenvalue weighted by atomic mass is 9.88. The van der Waals surface area contributed by atoms with E-state index in [1.807, 2.05) is 20.8 Å². The Morgan fingerprint density at radius 3 is 2.50 bits per heavy atom. The molecule has 36 heavy (non-hydrogen) atoms. The molecule has 2 amide bonds. The van der Waals surface area contributed by atoms with E-state index in [4.69, 9.17) is 0 Å². The number of hydrogen-bond acceptors (Lipinski definition) is 5. The third-order valence-corrected chi connectivity index (χ3v) is 7.26. The number of nitrogens with one attached hydrogen (secondary N) is 3. The molecule has 2 fully saturated rings. The summed E-state index contributed by atoms with van der Waals surface area (Å²) in [6.07, 6.45) is 6.45. The minimum atomic E-state index is -0.731. The number of nitrogens with zero attached hydrogens (tertiary/aromatic N) is 4. The SMILES string of the molecule is CCc1n[nH]c(C)c1-c1ccc(NC(=O)C(NC(=O)c2ccnn2CC)C(C2CC2)C2CC2)nc1F. The van der Waals surface area contributed by atoms with Gasteiger partial charge < -0.3 is 10.6 Å². The summed E-state index contributed by atoms with van der Waals surface area (Å²) in [4.78, 5) is 30.7. The lowest BCUT2D eigenvalue weighted by molar-refractivity contribution is -0.119. The highest BCUT2D eigenvalue weighted by atomic mass is 19.1. The monoisotopic (exact) mass is 493 g/mol. The van der Waals surface area contributed by atoms with Crippen LogP contribution in [0.5, 0.6) is 0 Å². The predicted molar refractivity (Wildman–Crippen MR) is 133 cm³/mol. The molecule has 0 aliphatic heterocycles. The van der Waals surface area contributed by atoms with Crippen LogP contribution in [0.1, 0.15) is 61.4 Å². The maximum Gasteiger partial charge on any atom is 0.270 e. The highest BCUT2D eigenvalue weighted by Gasteiger charge is 2.48. The molecular formula is C26H32FN7O2. The molecule has 0 radical (unpaired) electrons. The zero-order chi connectivity index (χ0) is 25.4. The maximum absolute atomic E-state index is 15.1. The number of amides is 2. The third kappa shape index (κ3) is 4.76. The van der Waals surface area contributed by atoms with Crippen LogP contribution < -0.4 is 10.6 Å². The standard InChI is InChI=1S/C26H32FN7O2/c1-4-18-21(14(3)32-33-18)17-10-11-20(29-24(17)27)30-26(36)23(22(15-6-7-15)16-8-9-16)31-25(35)19-12-13-28-34(19)5-2/h10-13,15-16,22-23H,4-9H2,1-3H3,(H,31,35)(H,32,33)(H,29,30,36). The Kier molecular flexibility index (Phi) is 6.59. The van der Waals surface area contributed by atoms with Crippen LogP contribution in [0.2, 0.25) is 0 Å². The van der Waals surface area contributed by atoms with Crippen LogP contribution in [-0.4, -0.2) is 42.8 Å². The van der Waals surface area contributed by atoms with Gasteiger partial charge in [-0.15, -0.1) is 0 Å². The number of rotatable bonds is 10. The first-order valence-corrected chi connectivity index (χ1v) is 12.8. The van der Waals surface area contributed by atoms with E-state index in [0.717, 1.165) is 37.1 Å². The van der Waals surface area contributed by atoms with E-state index >= 15 is 4.39 Å². The average Bonchev–Trinajstić information content (AvgIpc) is 3.79. The van der Waals surface area contributed by atoms with E-state index in [-0.39, 0.29) is 23.6 Å². The van der Waals surface area contributed by atoms with Gasteiger partial charge in [0.05, 0.1) is 5.69 Å². The van der Waals surface area contributed by atoms with E-state index in [1.54, 1.807) is 29.1 Å². The fourth-order valence-corrected chi connectivity index (χ4v) is 5.21. The van der Waals surface area contributed by atoms with Gasteiger partial charge in [-0.25, -0.2) is 4.98 Å². The highest BCUT2D eigenvalue weighted by molar-refractivity contribution is 6.00. The molecule has 3 N–H and O–H groups in total. The van der Waals surface area contributed by atoms with Crippen molar-refractivity contribution < 1.29 is 14.0 Å². The second-order valence-electron chi connectivity index (χ2n) is 9.78. The van der Waals surface area contributed by atoms with Crippen LogP contribution in [0.15, 0.2) is 24.4 Å². The first-order valence-electron chi connectivity index (χ1n) is 12.8. The summed E-state index contributed by atoms with van der Waals surface area (Å²) >= 11 is 0. The Labute approximate surface area is 209 Å². The van der Waals surface area contributed by atoms with Crippen LogP contribution in [0, 0.1) is 30.6 Å². The molecule has 3 aromatic rings. The lowest BCUT2D eigenvalue weighted by Crippen LogP contribution is -2.50. The number of carbonyl (C=O) groups excluding carboxylic acids is 2. The van der Waals surface area contributed by atoms with Crippen LogP contribution >= 0.6 is 0 Å². The van der Waals surface area contributed by atoms with Crippen molar-refractivity contribution in [2.45, 2.75) is 65.5 Å². The first kappa shape index (κ1) is 24.1. The van der Waals surface area contributed by atoms with Gasteiger partial charge >= 0.3 is 0 Å². The number of H-pyrrole nitrogens is 1. The van der Waals surface area contributed by atoms with Gasteiger partial charge in [0.1, 0.15) is 17.6 Å². The van der Waals surface area contributed by atoms with Gasteiger partial charge in [-0.05, 0) is 81.9 Å². The second-order valence-corrected chi connectivity index (χ2v) is 9.78. The van der Waals surface area contributed by atoms with Crippen molar-refractivity contribution in [3.05, 3.63) is 47.4 Å². The van der Waals surface area contributed by atoms with E-state index in [2.05, 4.69) is 30.9 Å². The molecule has 0 saturated heterocycles. The molecule has 5 rings (SSSR count). The molecule has 9 nitrogen and oxygen atoms in total. The van der Waals surface area contributed by atoms with E-state index < -0.39 is 12.0 Å². The van der Waals surface area contributed by atoms with Crippen LogP contribution in [0.4, 0.5) is 10.2 Å². The van der Waals surface area contributed by atoms with Crippen molar-refractivity contribution in [1.82, 2.24) is 30.3 Å². The van der Waals surface area contributed by atoms with Gasteiger partial charge in [-0.3, -0.25) is 19.4 Å². The molecule has 3 heterocycles. The number of aromatic amines is 1. The van der Waals surface area contributed by atoms with E-state index in [9.17, 15) is 9.59 Å². The van der Waals surface area contributed by atoms with Crippen LogP contribution in [-0.2, 0) is 17.8 Å². The van der Waals surface area contributed by atoms with Crippen LogP contribution in [0.3, 0.4) is 0 Å². The molecule has 10 heteroatoms. The van der Waals surface area contributed by atoms with Gasteiger partial charge in [-0.1, -0.05) is 6.92 Å². The number of halogens is 1. The minimum Gasteiger partial charge on any atom is -0.339 e. The van der Waals surface area contributed by atoms with Crippen molar-refractivity contribution in [1.29, 1.82) is 0 Å². The molecule has 1 unspecified atom stereocenters. The van der Waals surface area contributed by atoms with Gasteiger partial charge in [0.2, 0.25) is 11.9 Å². The van der Waals surface area contributed by atoms with Crippen molar-refractivity contribution in [3.63, 3.8) is 0 Å². The number of anilines is 1. The topological polar surface area (TPSA) is 118 Å². The molecule has 3 aromatic heterocycles. The fourth-order valence-electron chi connectivity index (χ4n) is 5.21. The summed E-state index contributed by atoms with van der Waals surface area (Å²) in [7, 11) is 0. The van der Waals surface area contributed by atoms with Gasteiger partial charge in [0, 0.05) is 29.6 Å². The van der Waals surface area contributed by atoms with Gasteiger partial charge in [0.15, 0.2) is 0 Å². The van der Waals surface area contributed by atoms with Crippen LogP contribution in [0.25, 0.3) is 11.1 Å². The first-order chi connectivity index (χ1) is 17.4. The molecule has 2 aliphatic carbocycles. The number of hydrogen-bond donors (Lipinski definition) is 3. The molecule has 0 aromatic carbocycles. The molecule has 0 spiro atoms. The Balaban J connectivity index is 1.39. The minimum absolute atomic E-state index is 0.0526. The Morgan fingerprint density at radius 2 is 1.89 bits per heavy atom. The molecule has 1 atom stereocenters. The molecule has 0 bridgehead atoms. The lowest BCUT2D eigenvalue weighted by Gasteiger charge is -2.27. The van der Waals surface area contributed by atoms with Crippen molar-refractivity contribution in [2.24, 2.45) is 17.8 Å². The normalized spacial score (nSPS) is 16.2.